The topological polar surface area (TPSA) is 78.7 Å². The number of hydrogen-bond donors (Lipinski definition) is 1. The Bertz CT molecular complexity index is 820. The Morgan fingerprint density at radius 2 is 1.85 bits per heavy atom. The fourth-order valence-electron chi connectivity index (χ4n) is 3.53. The number of ketones is 1. The number of aromatic nitrogens is 1. The lowest BCUT2D eigenvalue weighted by atomic mass is 10.1. The summed E-state index contributed by atoms with van der Waals surface area (Å²) in [5.41, 5.74) is 3.15. The van der Waals surface area contributed by atoms with E-state index in [0.29, 0.717) is 30.9 Å². The summed E-state index contributed by atoms with van der Waals surface area (Å²) in [7, 11) is 0. The van der Waals surface area contributed by atoms with Gasteiger partial charge in [-0.15, -0.1) is 0 Å². The quantitative estimate of drug-likeness (QED) is 0.842. The summed E-state index contributed by atoms with van der Waals surface area (Å²) in [5.74, 6) is 0.846. The van der Waals surface area contributed by atoms with Gasteiger partial charge in [0.05, 0.1) is 0 Å². The molecule has 0 aliphatic carbocycles. The van der Waals surface area contributed by atoms with E-state index in [-0.39, 0.29) is 11.7 Å². The molecule has 7 nitrogen and oxygen atoms in total. The largest absolute Gasteiger partial charge is 0.368 e. The Morgan fingerprint density at radius 1 is 1.12 bits per heavy atom. The van der Waals surface area contributed by atoms with E-state index in [4.69, 9.17) is 4.52 Å². The molecule has 0 saturated carbocycles. The van der Waals surface area contributed by atoms with Crippen LogP contribution in [0.15, 0.2) is 28.8 Å². The van der Waals surface area contributed by atoms with E-state index >= 15 is 0 Å². The molecule has 0 atom stereocenters. The Kier molecular flexibility index (Phi) is 4.46. The highest BCUT2D eigenvalue weighted by Crippen LogP contribution is 2.22. The monoisotopic (exact) mass is 354 g/mol. The van der Waals surface area contributed by atoms with E-state index in [9.17, 15) is 9.59 Å². The van der Waals surface area contributed by atoms with Crippen LogP contribution in [0.5, 0.6) is 0 Å². The maximum Gasteiger partial charge on any atom is 0.276 e. The molecule has 2 aliphatic heterocycles. The molecule has 26 heavy (non-hydrogen) atoms. The molecule has 1 aromatic carbocycles. The molecular formula is C19H22N4O3. The number of Topliss-reactive ketones (excluding diaryl/α,β-unsaturated/α-hetero) is 1. The normalized spacial score (nSPS) is 17.1. The highest BCUT2D eigenvalue weighted by molar-refractivity contribution is 5.95. The average molecular weight is 354 g/mol. The van der Waals surface area contributed by atoms with E-state index in [1.165, 1.54) is 0 Å². The van der Waals surface area contributed by atoms with Crippen LogP contribution in [-0.4, -0.2) is 54.5 Å². The SMILES string of the molecule is CC(=O)c1ccc(N2CCN(C(=O)c3noc4c3CNCC4)CC2)cc1. The molecular weight excluding hydrogens is 332 g/mol. The fourth-order valence-corrected chi connectivity index (χ4v) is 3.53. The van der Waals surface area contributed by atoms with Crippen LogP contribution < -0.4 is 10.2 Å². The summed E-state index contributed by atoms with van der Waals surface area (Å²) >= 11 is 0. The van der Waals surface area contributed by atoms with Gasteiger partial charge in [0.1, 0.15) is 5.76 Å². The first-order valence-corrected chi connectivity index (χ1v) is 8.97. The number of anilines is 1. The number of carbonyl (C=O) groups excluding carboxylic acids is 2. The van der Waals surface area contributed by atoms with Crippen molar-refractivity contribution in [3.63, 3.8) is 0 Å². The van der Waals surface area contributed by atoms with Crippen molar-refractivity contribution in [2.24, 2.45) is 0 Å². The lowest BCUT2D eigenvalue weighted by Gasteiger charge is -2.36. The van der Waals surface area contributed by atoms with Crippen LogP contribution in [-0.2, 0) is 13.0 Å². The van der Waals surface area contributed by atoms with Crippen LogP contribution in [0.2, 0.25) is 0 Å². The summed E-state index contributed by atoms with van der Waals surface area (Å²) in [5, 5.41) is 7.29. The number of carbonyl (C=O) groups is 2. The first-order valence-electron chi connectivity index (χ1n) is 8.97. The number of amides is 1. The second-order valence-corrected chi connectivity index (χ2v) is 6.74. The summed E-state index contributed by atoms with van der Waals surface area (Å²) in [6.45, 7) is 5.86. The predicted molar refractivity (Wildman–Crippen MR) is 96.5 cm³/mol. The first kappa shape index (κ1) is 16.8. The molecule has 1 saturated heterocycles. The van der Waals surface area contributed by atoms with Crippen molar-refractivity contribution in [1.29, 1.82) is 0 Å². The number of fused-ring (bicyclic) bond motifs is 1. The standard InChI is InChI=1S/C19H22N4O3/c1-13(24)14-2-4-15(5-3-14)22-8-10-23(11-9-22)19(25)18-16-12-20-7-6-17(16)26-21-18/h2-5,20H,6-12H2,1H3. The van der Waals surface area contributed by atoms with Gasteiger partial charge in [-0.25, -0.2) is 0 Å². The van der Waals surface area contributed by atoms with Crippen LogP contribution in [0.1, 0.15) is 39.1 Å². The second-order valence-electron chi connectivity index (χ2n) is 6.74. The molecule has 0 bridgehead atoms. The van der Waals surface area contributed by atoms with E-state index < -0.39 is 0 Å². The van der Waals surface area contributed by atoms with E-state index in [2.05, 4.69) is 15.4 Å². The number of benzene rings is 1. The van der Waals surface area contributed by atoms with Gasteiger partial charge in [0.25, 0.3) is 5.91 Å². The maximum atomic E-state index is 12.8. The zero-order chi connectivity index (χ0) is 18.1. The fraction of sp³-hybridized carbons (Fsp3) is 0.421. The molecule has 1 amide bonds. The minimum atomic E-state index is -0.0507. The molecule has 0 spiro atoms. The van der Waals surface area contributed by atoms with Gasteiger partial charge in [0, 0.05) is 62.5 Å². The van der Waals surface area contributed by atoms with Crippen molar-refractivity contribution in [3.05, 3.63) is 46.8 Å². The number of piperazine rings is 1. The third-order valence-electron chi connectivity index (χ3n) is 5.11. The minimum absolute atomic E-state index is 0.0507. The zero-order valence-corrected chi connectivity index (χ0v) is 14.8. The summed E-state index contributed by atoms with van der Waals surface area (Å²) in [6.07, 6.45) is 0.777. The Labute approximate surface area is 151 Å². The number of nitrogens with one attached hydrogen (secondary N) is 1. The van der Waals surface area contributed by atoms with Crippen molar-refractivity contribution in [2.45, 2.75) is 19.9 Å². The molecule has 3 heterocycles. The van der Waals surface area contributed by atoms with Crippen molar-refractivity contribution >= 4 is 17.4 Å². The second kappa shape index (κ2) is 6.92. The Hall–Kier alpha value is -2.67. The molecule has 7 heteroatoms. The van der Waals surface area contributed by atoms with Gasteiger partial charge < -0.3 is 19.6 Å². The lowest BCUT2D eigenvalue weighted by molar-refractivity contribution is 0.0735. The molecule has 4 rings (SSSR count). The Morgan fingerprint density at radius 3 is 2.54 bits per heavy atom. The van der Waals surface area contributed by atoms with E-state index in [0.717, 1.165) is 43.1 Å². The van der Waals surface area contributed by atoms with Gasteiger partial charge in [-0.05, 0) is 31.2 Å². The van der Waals surface area contributed by atoms with Crippen LogP contribution in [0.4, 0.5) is 5.69 Å². The molecule has 0 unspecified atom stereocenters. The number of hydrogen-bond acceptors (Lipinski definition) is 6. The summed E-state index contributed by atoms with van der Waals surface area (Å²) in [6, 6.07) is 7.63. The van der Waals surface area contributed by atoms with Crippen LogP contribution in [0.25, 0.3) is 0 Å². The maximum absolute atomic E-state index is 12.8. The van der Waals surface area contributed by atoms with Gasteiger partial charge in [-0.1, -0.05) is 5.16 Å². The number of rotatable bonds is 3. The van der Waals surface area contributed by atoms with Gasteiger partial charge in [-0.3, -0.25) is 9.59 Å². The molecule has 1 aromatic heterocycles. The van der Waals surface area contributed by atoms with Crippen LogP contribution in [0, 0.1) is 0 Å². The summed E-state index contributed by atoms with van der Waals surface area (Å²) < 4.78 is 5.34. The molecule has 2 aliphatic rings. The molecule has 136 valence electrons. The Balaban J connectivity index is 1.41. The highest BCUT2D eigenvalue weighted by Gasteiger charge is 2.29. The molecule has 1 fully saturated rings. The van der Waals surface area contributed by atoms with Crippen molar-refractivity contribution in [2.75, 3.05) is 37.6 Å². The van der Waals surface area contributed by atoms with Crippen molar-refractivity contribution < 1.29 is 14.1 Å². The predicted octanol–water partition coefficient (Wildman–Crippen LogP) is 1.49. The van der Waals surface area contributed by atoms with Gasteiger partial charge in [0.2, 0.25) is 0 Å². The first-order chi connectivity index (χ1) is 12.6. The third kappa shape index (κ3) is 3.10. The van der Waals surface area contributed by atoms with Gasteiger partial charge in [-0.2, -0.15) is 0 Å². The van der Waals surface area contributed by atoms with E-state index in [1.807, 2.05) is 29.2 Å². The van der Waals surface area contributed by atoms with Crippen LogP contribution >= 0.6 is 0 Å². The minimum Gasteiger partial charge on any atom is -0.368 e. The van der Waals surface area contributed by atoms with Gasteiger partial charge in [0.15, 0.2) is 11.5 Å². The van der Waals surface area contributed by atoms with Crippen molar-refractivity contribution in [3.8, 4) is 0 Å². The number of nitrogens with zero attached hydrogens (tertiary/aromatic N) is 3. The average Bonchev–Trinajstić information content (AvgIpc) is 3.12. The third-order valence-corrected chi connectivity index (χ3v) is 5.11. The summed E-state index contributed by atoms with van der Waals surface area (Å²) in [4.78, 5) is 28.3. The molecule has 0 radical (unpaired) electrons. The lowest BCUT2D eigenvalue weighted by Crippen LogP contribution is -2.49. The smallest absolute Gasteiger partial charge is 0.276 e. The molecule has 2 aromatic rings. The van der Waals surface area contributed by atoms with E-state index in [1.54, 1.807) is 6.92 Å². The van der Waals surface area contributed by atoms with Gasteiger partial charge >= 0.3 is 0 Å². The van der Waals surface area contributed by atoms with Crippen LogP contribution in [0.3, 0.4) is 0 Å². The zero-order valence-electron chi connectivity index (χ0n) is 14.8. The van der Waals surface area contributed by atoms with Crippen molar-refractivity contribution in [1.82, 2.24) is 15.4 Å². The highest BCUT2D eigenvalue weighted by atomic mass is 16.5. The molecule has 1 N–H and O–H groups in total.